The summed E-state index contributed by atoms with van der Waals surface area (Å²) in [5.74, 6) is 0.385. The molecule has 0 spiro atoms. The second-order valence-electron chi connectivity index (χ2n) is 5.69. The molecule has 25 heavy (non-hydrogen) atoms. The number of anilines is 1. The average Bonchev–Trinajstić information content (AvgIpc) is 3.30. The number of fused-ring (bicyclic) bond motifs is 1. The molecule has 1 N–H and O–H groups in total. The quantitative estimate of drug-likeness (QED) is 0.604. The lowest BCUT2D eigenvalue weighted by Gasteiger charge is -2.08. The minimum Gasteiger partial charge on any atom is -0.423 e. The van der Waals surface area contributed by atoms with Gasteiger partial charge in [0.05, 0.1) is 0 Å². The zero-order valence-electron chi connectivity index (χ0n) is 13.4. The molecule has 0 aliphatic heterocycles. The number of hydrogen-bond acceptors (Lipinski definition) is 4. The van der Waals surface area contributed by atoms with Gasteiger partial charge in [-0.05, 0) is 35.7 Å². The highest BCUT2D eigenvalue weighted by Crippen LogP contribution is 2.20. The first-order chi connectivity index (χ1) is 12.3. The number of aromatic nitrogens is 3. The van der Waals surface area contributed by atoms with Crippen LogP contribution in [0, 0.1) is 0 Å². The SMILES string of the molecule is O=C(CCn1ccc2ccccc21)Nc1cccc(-c2nnco2)c1. The number of amides is 1. The van der Waals surface area contributed by atoms with Gasteiger partial charge in [-0.2, -0.15) is 0 Å². The van der Waals surface area contributed by atoms with Crippen molar-refractivity contribution in [2.45, 2.75) is 13.0 Å². The lowest BCUT2D eigenvalue weighted by molar-refractivity contribution is -0.116. The van der Waals surface area contributed by atoms with Crippen molar-refractivity contribution in [3.05, 3.63) is 67.2 Å². The van der Waals surface area contributed by atoms with E-state index in [-0.39, 0.29) is 5.91 Å². The molecule has 0 aliphatic carbocycles. The molecule has 0 saturated carbocycles. The van der Waals surface area contributed by atoms with Crippen molar-refractivity contribution in [2.24, 2.45) is 0 Å². The molecule has 4 aromatic rings. The predicted octanol–water partition coefficient (Wildman–Crippen LogP) is 3.72. The van der Waals surface area contributed by atoms with Gasteiger partial charge in [-0.15, -0.1) is 10.2 Å². The van der Waals surface area contributed by atoms with Gasteiger partial charge in [0.15, 0.2) is 0 Å². The van der Waals surface area contributed by atoms with E-state index in [2.05, 4.69) is 38.3 Å². The van der Waals surface area contributed by atoms with Crippen LogP contribution in [-0.4, -0.2) is 20.7 Å². The van der Waals surface area contributed by atoms with Gasteiger partial charge in [-0.3, -0.25) is 4.79 Å². The molecule has 2 aromatic carbocycles. The molecule has 6 nitrogen and oxygen atoms in total. The first kappa shape index (κ1) is 15.1. The van der Waals surface area contributed by atoms with Gasteiger partial charge in [0.25, 0.3) is 0 Å². The van der Waals surface area contributed by atoms with E-state index >= 15 is 0 Å². The lowest BCUT2D eigenvalue weighted by atomic mass is 10.2. The van der Waals surface area contributed by atoms with Crippen molar-refractivity contribution >= 4 is 22.5 Å². The van der Waals surface area contributed by atoms with Crippen molar-refractivity contribution in [1.29, 1.82) is 0 Å². The minimum atomic E-state index is -0.0412. The normalized spacial score (nSPS) is 10.9. The number of nitrogens with zero attached hydrogens (tertiary/aromatic N) is 3. The van der Waals surface area contributed by atoms with E-state index in [1.807, 2.05) is 42.6 Å². The molecule has 0 radical (unpaired) electrons. The second kappa shape index (κ2) is 6.60. The van der Waals surface area contributed by atoms with E-state index in [4.69, 9.17) is 4.42 Å². The molecular formula is C19H16N4O2. The fraction of sp³-hybridized carbons (Fsp3) is 0.105. The Balaban J connectivity index is 1.42. The van der Waals surface area contributed by atoms with Crippen LogP contribution in [0.4, 0.5) is 5.69 Å². The average molecular weight is 332 g/mol. The number of carbonyl (C=O) groups excluding carboxylic acids is 1. The smallest absolute Gasteiger partial charge is 0.247 e. The Morgan fingerprint density at radius 1 is 1.12 bits per heavy atom. The summed E-state index contributed by atoms with van der Waals surface area (Å²) in [6, 6.07) is 17.5. The van der Waals surface area contributed by atoms with Crippen LogP contribution in [0.2, 0.25) is 0 Å². The molecule has 0 fully saturated rings. The summed E-state index contributed by atoms with van der Waals surface area (Å²) in [6.45, 7) is 0.628. The molecule has 0 aliphatic rings. The maximum absolute atomic E-state index is 12.3. The van der Waals surface area contributed by atoms with Crippen molar-refractivity contribution in [1.82, 2.24) is 14.8 Å². The summed E-state index contributed by atoms with van der Waals surface area (Å²) in [5, 5.41) is 11.6. The molecule has 0 unspecified atom stereocenters. The van der Waals surface area contributed by atoms with Crippen LogP contribution in [0.3, 0.4) is 0 Å². The Morgan fingerprint density at radius 2 is 2.04 bits per heavy atom. The van der Waals surface area contributed by atoms with Crippen molar-refractivity contribution in [2.75, 3.05) is 5.32 Å². The molecule has 0 atom stereocenters. The fourth-order valence-corrected chi connectivity index (χ4v) is 2.81. The van der Waals surface area contributed by atoms with Crippen LogP contribution in [0.1, 0.15) is 6.42 Å². The van der Waals surface area contributed by atoms with Gasteiger partial charge in [0.2, 0.25) is 18.2 Å². The Bertz CT molecular complexity index is 1010. The van der Waals surface area contributed by atoms with Crippen LogP contribution in [-0.2, 0) is 11.3 Å². The van der Waals surface area contributed by atoms with Gasteiger partial charge in [0.1, 0.15) is 0 Å². The molecule has 124 valence electrons. The highest BCUT2D eigenvalue weighted by molar-refractivity contribution is 5.91. The summed E-state index contributed by atoms with van der Waals surface area (Å²) < 4.78 is 7.27. The van der Waals surface area contributed by atoms with Gasteiger partial charge in [-0.1, -0.05) is 24.3 Å². The number of hydrogen-bond donors (Lipinski definition) is 1. The summed E-state index contributed by atoms with van der Waals surface area (Å²) in [6.07, 6.45) is 3.68. The molecular weight excluding hydrogens is 316 g/mol. The standard InChI is InChI=1S/C19H16N4O2/c24-18(9-11-23-10-8-14-4-1-2-7-17(14)23)21-16-6-3-5-15(12-16)19-22-20-13-25-19/h1-8,10,12-13H,9,11H2,(H,21,24). The number of nitrogens with one attached hydrogen (secondary N) is 1. The predicted molar refractivity (Wildman–Crippen MR) is 94.9 cm³/mol. The Morgan fingerprint density at radius 3 is 2.92 bits per heavy atom. The lowest BCUT2D eigenvalue weighted by Crippen LogP contribution is -2.14. The Hall–Kier alpha value is -3.41. The maximum atomic E-state index is 12.3. The van der Waals surface area contributed by atoms with Crippen molar-refractivity contribution in [3.8, 4) is 11.5 Å². The van der Waals surface area contributed by atoms with Gasteiger partial charge in [0, 0.05) is 35.9 Å². The van der Waals surface area contributed by atoms with Crippen molar-refractivity contribution in [3.63, 3.8) is 0 Å². The summed E-state index contributed by atoms with van der Waals surface area (Å²) >= 11 is 0. The van der Waals surface area contributed by atoms with Crippen LogP contribution >= 0.6 is 0 Å². The van der Waals surface area contributed by atoms with Crippen molar-refractivity contribution < 1.29 is 9.21 Å². The highest BCUT2D eigenvalue weighted by Gasteiger charge is 2.08. The summed E-state index contributed by atoms with van der Waals surface area (Å²) in [4.78, 5) is 12.3. The van der Waals surface area contributed by atoms with Crippen LogP contribution in [0.15, 0.2) is 71.6 Å². The number of benzene rings is 2. The molecule has 4 rings (SSSR count). The number of aryl methyl sites for hydroxylation is 1. The van der Waals surface area contributed by atoms with E-state index in [0.717, 1.165) is 11.1 Å². The summed E-state index contributed by atoms with van der Waals surface area (Å²) in [7, 11) is 0. The monoisotopic (exact) mass is 332 g/mol. The summed E-state index contributed by atoms with van der Waals surface area (Å²) in [5.41, 5.74) is 2.61. The zero-order valence-corrected chi connectivity index (χ0v) is 13.4. The second-order valence-corrected chi connectivity index (χ2v) is 5.69. The van der Waals surface area contributed by atoms with Crippen LogP contribution in [0.5, 0.6) is 0 Å². The maximum Gasteiger partial charge on any atom is 0.247 e. The Kier molecular flexibility index (Phi) is 4.00. The zero-order chi connectivity index (χ0) is 17.1. The van der Waals surface area contributed by atoms with E-state index in [1.165, 1.54) is 11.8 Å². The largest absolute Gasteiger partial charge is 0.423 e. The van der Waals surface area contributed by atoms with Gasteiger partial charge < -0.3 is 14.3 Å². The third-order valence-electron chi connectivity index (χ3n) is 4.01. The van der Waals surface area contributed by atoms with Gasteiger partial charge >= 0.3 is 0 Å². The third kappa shape index (κ3) is 3.28. The minimum absolute atomic E-state index is 0.0412. The third-order valence-corrected chi connectivity index (χ3v) is 4.01. The Labute approximate surface area is 144 Å². The van der Waals surface area contributed by atoms with Gasteiger partial charge in [-0.25, -0.2) is 0 Å². The fourth-order valence-electron chi connectivity index (χ4n) is 2.81. The van der Waals surface area contributed by atoms with E-state index in [9.17, 15) is 4.79 Å². The number of rotatable bonds is 5. The first-order valence-electron chi connectivity index (χ1n) is 8.00. The molecule has 1 amide bonds. The van der Waals surface area contributed by atoms with E-state index in [1.54, 1.807) is 0 Å². The van der Waals surface area contributed by atoms with Crippen LogP contribution < -0.4 is 5.32 Å². The first-order valence-corrected chi connectivity index (χ1v) is 8.00. The number of carbonyl (C=O) groups is 1. The van der Waals surface area contributed by atoms with E-state index < -0.39 is 0 Å². The number of para-hydroxylation sites is 1. The molecule has 2 heterocycles. The molecule has 6 heteroatoms. The van der Waals surface area contributed by atoms with Crippen LogP contribution in [0.25, 0.3) is 22.4 Å². The molecule has 0 saturated heterocycles. The van der Waals surface area contributed by atoms with E-state index in [0.29, 0.717) is 24.5 Å². The molecule has 0 bridgehead atoms. The highest BCUT2D eigenvalue weighted by atomic mass is 16.4. The topological polar surface area (TPSA) is 73.0 Å². The molecule has 2 aromatic heterocycles.